The molecule has 4 rings (SSSR count). The van der Waals surface area contributed by atoms with E-state index in [1.54, 1.807) is 0 Å². The van der Waals surface area contributed by atoms with Gasteiger partial charge in [0, 0.05) is 38.1 Å². The first kappa shape index (κ1) is 22.7. The molecule has 7 heteroatoms. The molecule has 0 radical (unpaired) electrons. The van der Waals surface area contributed by atoms with Gasteiger partial charge in [-0.2, -0.15) is 0 Å². The molecule has 0 aromatic heterocycles. The number of hydrogen-bond acceptors (Lipinski definition) is 4. The number of benzene rings is 3. The Bertz CT molecular complexity index is 1060. The summed E-state index contributed by atoms with van der Waals surface area (Å²) in [6.07, 6.45) is 1.52. The summed E-state index contributed by atoms with van der Waals surface area (Å²) in [5.74, 6) is 0.582. The first-order valence-corrected chi connectivity index (χ1v) is 11.7. The molecule has 168 valence electrons. The lowest BCUT2D eigenvalue weighted by Crippen LogP contribution is -2.46. The number of carbonyl (C=O) groups is 1. The fourth-order valence-electron chi connectivity index (χ4n) is 4.02. The van der Waals surface area contributed by atoms with Crippen molar-refractivity contribution in [3.05, 3.63) is 70.7 Å². The van der Waals surface area contributed by atoms with Gasteiger partial charge in [0.1, 0.15) is 5.75 Å². The molecule has 1 saturated heterocycles. The van der Waals surface area contributed by atoms with E-state index >= 15 is 0 Å². The number of amides is 1. The van der Waals surface area contributed by atoms with Crippen molar-refractivity contribution in [1.29, 1.82) is 0 Å². The molecule has 1 amide bonds. The van der Waals surface area contributed by atoms with Crippen LogP contribution in [0.4, 0.5) is 10.5 Å². The predicted octanol–water partition coefficient (Wildman–Crippen LogP) is 5.84. The molecule has 0 saturated carbocycles. The summed E-state index contributed by atoms with van der Waals surface area (Å²) >= 11 is 12.5. The number of halogens is 2. The minimum Gasteiger partial charge on any atom is -0.410 e. The van der Waals surface area contributed by atoms with E-state index in [1.807, 2.05) is 60.7 Å². The highest BCUT2D eigenvalue weighted by Gasteiger charge is 2.19. The second-order valence-electron chi connectivity index (χ2n) is 7.90. The Kier molecular flexibility index (Phi) is 7.74. The topological polar surface area (TPSA) is 44.8 Å². The molecule has 0 bridgehead atoms. The molecule has 1 aliphatic rings. The number of anilines is 1. The Morgan fingerprint density at radius 3 is 2.50 bits per heavy atom. The minimum absolute atomic E-state index is 0.409. The van der Waals surface area contributed by atoms with E-state index < -0.39 is 6.09 Å². The average Bonchev–Trinajstić information content (AvgIpc) is 2.81. The molecule has 1 N–H and O–H groups in total. The highest BCUT2D eigenvalue weighted by atomic mass is 35.5. The molecule has 32 heavy (non-hydrogen) atoms. The van der Waals surface area contributed by atoms with Crippen LogP contribution in [0.25, 0.3) is 10.8 Å². The van der Waals surface area contributed by atoms with Crippen molar-refractivity contribution in [1.82, 2.24) is 10.2 Å². The first-order valence-electron chi connectivity index (χ1n) is 11.0. The van der Waals surface area contributed by atoms with Crippen LogP contribution in [-0.4, -0.2) is 50.3 Å². The number of rotatable bonds is 7. The van der Waals surface area contributed by atoms with Crippen LogP contribution < -0.4 is 15.0 Å². The zero-order valence-corrected chi connectivity index (χ0v) is 19.4. The third kappa shape index (κ3) is 5.66. The van der Waals surface area contributed by atoms with E-state index in [2.05, 4.69) is 15.1 Å². The van der Waals surface area contributed by atoms with Crippen molar-refractivity contribution in [2.75, 3.05) is 44.2 Å². The number of piperazine rings is 1. The Morgan fingerprint density at radius 1 is 0.906 bits per heavy atom. The number of nitrogens with one attached hydrogen (secondary N) is 1. The molecule has 3 aromatic rings. The second kappa shape index (κ2) is 10.9. The third-order valence-electron chi connectivity index (χ3n) is 5.77. The zero-order valence-electron chi connectivity index (χ0n) is 17.9. The van der Waals surface area contributed by atoms with Crippen LogP contribution in [0.1, 0.15) is 12.8 Å². The summed E-state index contributed by atoms with van der Waals surface area (Å²) in [4.78, 5) is 16.9. The van der Waals surface area contributed by atoms with E-state index in [1.165, 1.54) is 0 Å². The van der Waals surface area contributed by atoms with E-state index in [9.17, 15) is 4.79 Å². The maximum atomic E-state index is 12.2. The smallest absolute Gasteiger partial charge is 0.410 e. The molecule has 1 fully saturated rings. The van der Waals surface area contributed by atoms with Gasteiger partial charge in [0.2, 0.25) is 0 Å². The van der Waals surface area contributed by atoms with Crippen LogP contribution in [-0.2, 0) is 0 Å². The monoisotopic (exact) mass is 471 g/mol. The summed E-state index contributed by atoms with van der Waals surface area (Å²) in [6, 6.07) is 19.4. The molecule has 0 unspecified atom stereocenters. The second-order valence-corrected chi connectivity index (χ2v) is 8.69. The largest absolute Gasteiger partial charge is 0.412 e. The Balaban J connectivity index is 1.14. The van der Waals surface area contributed by atoms with Crippen molar-refractivity contribution >= 4 is 45.8 Å². The number of unbranched alkanes of at least 4 members (excludes halogenated alkanes) is 1. The van der Waals surface area contributed by atoms with Crippen molar-refractivity contribution in [2.45, 2.75) is 12.8 Å². The fraction of sp³-hybridized carbons (Fsp3) is 0.320. The number of nitrogens with zero attached hydrogens (tertiary/aromatic N) is 2. The third-order valence-corrected chi connectivity index (χ3v) is 6.58. The average molecular weight is 472 g/mol. The molecular weight excluding hydrogens is 445 g/mol. The van der Waals surface area contributed by atoms with Crippen LogP contribution in [0, 0.1) is 0 Å². The summed E-state index contributed by atoms with van der Waals surface area (Å²) in [5.41, 5.74) is 1.01. The number of hydrogen-bond donors (Lipinski definition) is 1. The Morgan fingerprint density at radius 2 is 1.66 bits per heavy atom. The minimum atomic E-state index is -0.409. The van der Waals surface area contributed by atoms with Crippen LogP contribution in [0.5, 0.6) is 5.75 Å². The SMILES string of the molecule is O=C(NCCCCN1CCN(c2cccc(Cl)c2Cl)CC1)Oc1cccc2ccccc12. The standard InChI is InChI=1S/C25H27Cl2N3O2/c26-21-10-6-11-22(24(21)27)30-17-15-29(16-18-30)14-4-3-13-28-25(31)32-23-12-5-8-19-7-1-2-9-20(19)23/h1-2,5-12H,3-4,13-18H2,(H,28,31). The molecule has 0 atom stereocenters. The number of carbonyl (C=O) groups excluding carboxylic acids is 1. The van der Waals surface area contributed by atoms with Gasteiger partial charge in [-0.25, -0.2) is 4.79 Å². The maximum absolute atomic E-state index is 12.2. The summed E-state index contributed by atoms with van der Waals surface area (Å²) in [6.45, 7) is 5.43. The zero-order chi connectivity index (χ0) is 22.3. The summed E-state index contributed by atoms with van der Waals surface area (Å²) in [5, 5.41) is 6.07. The van der Waals surface area contributed by atoms with E-state index in [0.29, 0.717) is 22.3 Å². The van der Waals surface area contributed by atoms with Gasteiger partial charge < -0.3 is 15.0 Å². The van der Waals surface area contributed by atoms with E-state index in [0.717, 1.165) is 62.0 Å². The highest BCUT2D eigenvalue weighted by Crippen LogP contribution is 2.32. The maximum Gasteiger partial charge on any atom is 0.412 e. The highest BCUT2D eigenvalue weighted by molar-refractivity contribution is 6.43. The van der Waals surface area contributed by atoms with Crippen molar-refractivity contribution < 1.29 is 9.53 Å². The lowest BCUT2D eigenvalue weighted by atomic mass is 10.1. The molecule has 0 spiro atoms. The molecule has 5 nitrogen and oxygen atoms in total. The predicted molar refractivity (Wildman–Crippen MR) is 132 cm³/mol. The molecule has 0 aliphatic carbocycles. The Hall–Kier alpha value is -2.47. The lowest BCUT2D eigenvalue weighted by molar-refractivity contribution is 0.200. The normalized spacial score (nSPS) is 14.5. The van der Waals surface area contributed by atoms with Crippen LogP contribution in [0.15, 0.2) is 60.7 Å². The molecular formula is C25H27Cl2N3O2. The summed E-state index contributed by atoms with van der Waals surface area (Å²) < 4.78 is 5.51. The molecule has 1 aliphatic heterocycles. The molecule has 3 aromatic carbocycles. The van der Waals surface area contributed by atoms with Gasteiger partial charge in [-0.3, -0.25) is 4.90 Å². The van der Waals surface area contributed by atoms with Crippen molar-refractivity contribution in [2.24, 2.45) is 0 Å². The van der Waals surface area contributed by atoms with Gasteiger partial charge in [-0.1, -0.05) is 65.7 Å². The fourth-order valence-corrected chi connectivity index (χ4v) is 4.44. The van der Waals surface area contributed by atoms with Crippen molar-refractivity contribution in [3.8, 4) is 5.75 Å². The Labute approximate surface area is 198 Å². The number of ether oxygens (including phenoxy) is 1. The van der Waals surface area contributed by atoms with E-state index in [-0.39, 0.29) is 0 Å². The molecule has 1 heterocycles. The van der Waals surface area contributed by atoms with Gasteiger partial charge >= 0.3 is 6.09 Å². The van der Waals surface area contributed by atoms with Gasteiger partial charge in [0.25, 0.3) is 0 Å². The van der Waals surface area contributed by atoms with Gasteiger partial charge in [0.15, 0.2) is 0 Å². The van der Waals surface area contributed by atoms with Crippen LogP contribution >= 0.6 is 23.2 Å². The first-order chi connectivity index (χ1) is 15.6. The van der Waals surface area contributed by atoms with Gasteiger partial charge in [-0.05, 0) is 43.0 Å². The van der Waals surface area contributed by atoms with Crippen LogP contribution in [0.2, 0.25) is 10.0 Å². The van der Waals surface area contributed by atoms with E-state index in [4.69, 9.17) is 27.9 Å². The van der Waals surface area contributed by atoms with Gasteiger partial charge in [0.05, 0.1) is 15.7 Å². The quantitative estimate of drug-likeness (QED) is 0.439. The van der Waals surface area contributed by atoms with Crippen molar-refractivity contribution in [3.63, 3.8) is 0 Å². The van der Waals surface area contributed by atoms with Gasteiger partial charge in [-0.15, -0.1) is 0 Å². The number of fused-ring (bicyclic) bond motifs is 1. The lowest BCUT2D eigenvalue weighted by Gasteiger charge is -2.36. The van der Waals surface area contributed by atoms with Crippen LogP contribution in [0.3, 0.4) is 0 Å². The summed E-state index contributed by atoms with van der Waals surface area (Å²) in [7, 11) is 0.